The van der Waals surface area contributed by atoms with Crippen molar-refractivity contribution in [2.24, 2.45) is 7.05 Å². The Balaban J connectivity index is 2.09. The van der Waals surface area contributed by atoms with Gasteiger partial charge in [0.05, 0.1) is 17.6 Å². The first-order chi connectivity index (χ1) is 10.0. The van der Waals surface area contributed by atoms with Gasteiger partial charge in [0, 0.05) is 36.0 Å². The number of carbonyl (C=O) groups is 1. The summed E-state index contributed by atoms with van der Waals surface area (Å²) in [5.41, 5.74) is 3.59. The van der Waals surface area contributed by atoms with Crippen LogP contribution in [0, 0.1) is 0 Å². The van der Waals surface area contributed by atoms with Gasteiger partial charge in [-0.25, -0.2) is 0 Å². The van der Waals surface area contributed by atoms with Crippen molar-refractivity contribution in [1.29, 1.82) is 0 Å². The minimum atomic E-state index is -0.828. The summed E-state index contributed by atoms with van der Waals surface area (Å²) in [4.78, 5) is 15.5. The quantitative estimate of drug-likeness (QED) is 0.801. The molecular weight excluding hydrogens is 266 g/mol. The number of aromatic nitrogens is 3. The zero-order chi connectivity index (χ0) is 15.0. The van der Waals surface area contributed by atoms with Gasteiger partial charge in [0.25, 0.3) is 0 Å². The standard InChI is InChI=1S/C16H15N3O2/c1-10(16(20)21)11-3-4-15-12(5-11)6-13(7-17-15)14-8-18-19(2)9-14/h3-10H,1-2H3,(H,20,21). The third-order valence-corrected chi connectivity index (χ3v) is 3.61. The van der Waals surface area contributed by atoms with E-state index in [1.165, 1.54) is 0 Å². The first-order valence-electron chi connectivity index (χ1n) is 6.66. The number of hydrogen-bond donors (Lipinski definition) is 1. The lowest BCUT2D eigenvalue weighted by molar-refractivity contribution is -0.138. The van der Waals surface area contributed by atoms with Crippen molar-refractivity contribution >= 4 is 16.9 Å². The summed E-state index contributed by atoms with van der Waals surface area (Å²) >= 11 is 0. The van der Waals surface area contributed by atoms with Crippen molar-refractivity contribution in [3.05, 3.63) is 48.4 Å². The third kappa shape index (κ3) is 2.50. The number of carboxylic acids is 1. The lowest BCUT2D eigenvalue weighted by atomic mass is 9.98. The summed E-state index contributed by atoms with van der Waals surface area (Å²) in [5, 5.41) is 14.2. The molecule has 106 valence electrons. The van der Waals surface area contributed by atoms with Gasteiger partial charge in [-0.15, -0.1) is 0 Å². The summed E-state index contributed by atoms with van der Waals surface area (Å²) < 4.78 is 1.74. The first-order valence-corrected chi connectivity index (χ1v) is 6.66. The third-order valence-electron chi connectivity index (χ3n) is 3.61. The van der Waals surface area contributed by atoms with Crippen LogP contribution in [0.25, 0.3) is 22.0 Å². The largest absolute Gasteiger partial charge is 0.481 e. The number of rotatable bonds is 3. The molecule has 1 aromatic carbocycles. The number of aryl methyl sites for hydroxylation is 1. The molecule has 0 saturated carbocycles. The highest BCUT2D eigenvalue weighted by Gasteiger charge is 2.14. The van der Waals surface area contributed by atoms with Crippen molar-refractivity contribution in [1.82, 2.24) is 14.8 Å². The van der Waals surface area contributed by atoms with Gasteiger partial charge in [-0.1, -0.05) is 6.07 Å². The summed E-state index contributed by atoms with van der Waals surface area (Å²) in [6.45, 7) is 1.68. The second-order valence-corrected chi connectivity index (χ2v) is 5.14. The fourth-order valence-electron chi connectivity index (χ4n) is 2.29. The Morgan fingerprint density at radius 2 is 2.05 bits per heavy atom. The molecule has 3 rings (SSSR count). The fraction of sp³-hybridized carbons (Fsp3) is 0.188. The molecule has 0 aliphatic heterocycles. The van der Waals surface area contributed by atoms with Crippen LogP contribution in [0.4, 0.5) is 0 Å². The summed E-state index contributed by atoms with van der Waals surface area (Å²) in [5.74, 6) is -1.36. The number of pyridine rings is 1. The molecule has 2 aromatic heterocycles. The molecular formula is C16H15N3O2. The van der Waals surface area contributed by atoms with Crippen LogP contribution in [0.2, 0.25) is 0 Å². The van der Waals surface area contributed by atoms with Crippen LogP contribution < -0.4 is 0 Å². The van der Waals surface area contributed by atoms with Crippen LogP contribution in [0.1, 0.15) is 18.4 Å². The SMILES string of the molecule is CC(C(=O)O)c1ccc2ncc(-c3cnn(C)c3)cc2c1. The van der Waals surface area contributed by atoms with E-state index in [1.54, 1.807) is 24.0 Å². The molecule has 3 aromatic rings. The molecule has 21 heavy (non-hydrogen) atoms. The molecule has 1 atom stereocenters. The monoisotopic (exact) mass is 281 g/mol. The van der Waals surface area contributed by atoms with Gasteiger partial charge < -0.3 is 5.11 Å². The molecule has 0 fully saturated rings. The Hall–Kier alpha value is -2.69. The smallest absolute Gasteiger partial charge is 0.310 e. The molecule has 0 aliphatic rings. The highest BCUT2D eigenvalue weighted by Crippen LogP contribution is 2.25. The van der Waals surface area contributed by atoms with Gasteiger partial charge in [-0.05, 0) is 30.7 Å². The van der Waals surface area contributed by atoms with Crippen LogP contribution in [0.15, 0.2) is 42.9 Å². The van der Waals surface area contributed by atoms with E-state index in [0.717, 1.165) is 27.6 Å². The van der Waals surface area contributed by atoms with Gasteiger partial charge >= 0.3 is 5.97 Å². The Morgan fingerprint density at radius 3 is 2.71 bits per heavy atom. The van der Waals surface area contributed by atoms with E-state index >= 15 is 0 Å². The molecule has 1 N–H and O–H groups in total. The van der Waals surface area contributed by atoms with Crippen molar-refractivity contribution < 1.29 is 9.90 Å². The topological polar surface area (TPSA) is 68.0 Å². The molecule has 0 amide bonds. The first kappa shape index (κ1) is 13.3. The van der Waals surface area contributed by atoms with E-state index in [0.29, 0.717) is 0 Å². The van der Waals surface area contributed by atoms with Crippen molar-refractivity contribution in [2.45, 2.75) is 12.8 Å². The Bertz CT molecular complexity index is 823. The molecule has 2 heterocycles. The van der Waals surface area contributed by atoms with Crippen LogP contribution in [0.3, 0.4) is 0 Å². The van der Waals surface area contributed by atoms with E-state index in [-0.39, 0.29) is 0 Å². The number of benzene rings is 1. The molecule has 0 radical (unpaired) electrons. The summed E-state index contributed by atoms with van der Waals surface area (Å²) in [6, 6.07) is 7.58. The second-order valence-electron chi connectivity index (χ2n) is 5.14. The number of fused-ring (bicyclic) bond motifs is 1. The molecule has 0 bridgehead atoms. The van der Waals surface area contributed by atoms with Crippen LogP contribution in [0.5, 0.6) is 0 Å². The molecule has 1 unspecified atom stereocenters. The Kier molecular flexibility index (Phi) is 3.17. The maximum absolute atomic E-state index is 11.1. The molecule has 0 aliphatic carbocycles. The zero-order valence-corrected chi connectivity index (χ0v) is 11.8. The number of carboxylic acid groups (broad SMARTS) is 1. The van der Waals surface area contributed by atoms with E-state index in [9.17, 15) is 4.79 Å². The van der Waals surface area contributed by atoms with Crippen LogP contribution >= 0.6 is 0 Å². The molecule has 0 saturated heterocycles. The van der Waals surface area contributed by atoms with Gasteiger partial charge in [0.15, 0.2) is 0 Å². The highest BCUT2D eigenvalue weighted by atomic mass is 16.4. The minimum absolute atomic E-state index is 0.531. The predicted molar refractivity (Wildman–Crippen MR) is 80.0 cm³/mol. The summed E-state index contributed by atoms with van der Waals surface area (Å²) in [7, 11) is 1.87. The maximum atomic E-state index is 11.1. The lowest BCUT2D eigenvalue weighted by Crippen LogP contribution is -2.07. The Labute approximate surface area is 121 Å². The summed E-state index contributed by atoms with van der Waals surface area (Å²) in [6.07, 6.45) is 5.51. The van der Waals surface area contributed by atoms with Gasteiger partial charge in [0.1, 0.15) is 0 Å². The van der Waals surface area contributed by atoms with Crippen LogP contribution in [-0.2, 0) is 11.8 Å². The molecule has 0 spiro atoms. The maximum Gasteiger partial charge on any atom is 0.310 e. The average molecular weight is 281 g/mol. The Morgan fingerprint density at radius 1 is 1.24 bits per heavy atom. The van der Waals surface area contributed by atoms with E-state index in [2.05, 4.69) is 10.1 Å². The van der Waals surface area contributed by atoms with Gasteiger partial charge in [-0.3, -0.25) is 14.5 Å². The van der Waals surface area contributed by atoms with Crippen molar-refractivity contribution in [3.63, 3.8) is 0 Å². The average Bonchev–Trinajstić information content (AvgIpc) is 2.91. The fourth-order valence-corrected chi connectivity index (χ4v) is 2.29. The number of nitrogens with zero attached hydrogens (tertiary/aromatic N) is 3. The van der Waals surface area contributed by atoms with Gasteiger partial charge in [0.2, 0.25) is 0 Å². The van der Waals surface area contributed by atoms with Gasteiger partial charge in [-0.2, -0.15) is 5.10 Å². The highest BCUT2D eigenvalue weighted by molar-refractivity contribution is 5.85. The normalized spacial score (nSPS) is 12.5. The van der Waals surface area contributed by atoms with E-state index in [1.807, 2.05) is 37.5 Å². The van der Waals surface area contributed by atoms with E-state index in [4.69, 9.17) is 5.11 Å². The lowest BCUT2D eigenvalue weighted by Gasteiger charge is -2.08. The predicted octanol–water partition coefficient (Wildman–Crippen LogP) is 2.82. The van der Waals surface area contributed by atoms with Crippen molar-refractivity contribution in [2.75, 3.05) is 0 Å². The minimum Gasteiger partial charge on any atom is -0.481 e. The van der Waals surface area contributed by atoms with Crippen LogP contribution in [-0.4, -0.2) is 25.8 Å². The molecule has 5 nitrogen and oxygen atoms in total. The zero-order valence-electron chi connectivity index (χ0n) is 11.8. The molecule has 5 heteroatoms. The number of hydrogen-bond acceptors (Lipinski definition) is 3. The second kappa shape index (κ2) is 5.01. The number of aliphatic carboxylic acids is 1. The van der Waals surface area contributed by atoms with Crippen molar-refractivity contribution in [3.8, 4) is 11.1 Å². The van der Waals surface area contributed by atoms with E-state index < -0.39 is 11.9 Å².